The van der Waals surface area contributed by atoms with Gasteiger partial charge in [0.25, 0.3) is 0 Å². The van der Waals surface area contributed by atoms with Crippen molar-refractivity contribution < 1.29 is 4.58 Å². The van der Waals surface area contributed by atoms with Gasteiger partial charge in [-0.2, -0.15) is 0 Å². The molecule has 4 aromatic rings. The second-order valence-corrected chi connectivity index (χ2v) is 5.52. The molecular formula is C19H16N2. The normalized spacial score (nSPS) is 11.5. The van der Waals surface area contributed by atoms with E-state index < -0.39 is 0 Å². The SMILES string of the molecule is [CH-]=[N+](C)c1cccc2ccc3c4ccccc4n(C)c3c12. The van der Waals surface area contributed by atoms with E-state index in [0.29, 0.717) is 0 Å². The number of aryl methyl sites for hydroxylation is 1. The molecule has 1 heterocycles. The Morgan fingerprint density at radius 3 is 2.52 bits per heavy atom. The van der Waals surface area contributed by atoms with Crippen LogP contribution in [0.5, 0.6) is 0 Å². The summed E-state index contributed by atoms with van der Waals surface area (Å²) < 4.78 is 3.96. The third-order valence-corrected chi connectivity index (χ3v) is 4.27. The lowest BCUT2D eigenvalue weighted by Gasteiger charge is -2.12. The van der Waals surface area contributed by atoms with Crippen LogP contribution in [0.4, 0.5) is 5.69 Å². The highest BCUT2D eigenvalue weighted by molar-refractivity contribution is 6.19. The first-order chi connectivity index (χ1) is 10.2. The fourth-order valence-corrected chi connectivity index (χ4v) is 3.32. The summed E-state index contributed by atoms with van der Waals surface area (Å²) in [5.74, 6) is 0. The quantitative estimate of drug-likeness (QED) is 0.277. The van der Waals surface area contributed by atoms with E-state index >= 15 is 0 Å². The molecule has 0 bridgehead atoms. The zero-order chi connectivity index (χ0) is 14.6. The van der Waals surface area contributed by atoms with Crippen LogP contribution in [0.1, 0.15) is 0 Å². The van der Waals surface area contributed by atoms with Crippen molar-refractivity contribution in [3.8, 4) is 0 Å². The van der Waals surface area contributed by atoms with Gasteiger partial charge in [-0.05, 0) is 16.8 Å². The van der Waals surface area contributed by atoms with Crippen molar-refractivity contribution in [2.75, 3.05) is 7.05 Å². The highest BCUT2D eigenvalue weighted by Gasteiger charge is 2.12. The van der Waals surface area contributed by atoms with Crippen LogP contribution >= 0.6 is 0 Å². The van der Waals surface area contributed by atoms with Gasteiger partial charge in [0.2, 0.25) is 0 Å². The van der Waals surface area contributed by atoms with Crippen LogP contribution in [-0.2, 0) is 7.05 Å². The van der Waals surface area contributed by atoms with Crippen molar-refractivity contribution in [3.63, 3.8) is 0 Å². The van der Waals surface area contributed by atoms with E-state index in [2.05, 4.69) is 66.2 Å². The number of hydrogen-bond donors (Lipinski definition) is 0. The molecule has 1 aromatic heterocycles. The summed E-state index contributed by atoms with van der Waals surface area (Å²) in [5, 5.41) is 4.98. The minimum absolute atomic E-state index is 1.05. The molecule has 102 valence electrons. The van der Waals surface area contributed by atoms with Crippen LogP contribution in [-0.4, -0.2) is 22.9 Å². The lowest BCUT2D eigenvalue weighted by Crippen LogP contribution is -1.95. The fourth-order valence-electron chi connectivity index (χ4n) is 3.32. The summed E-state index contributed by atoms with van der Waals surface area (Å²) >= 11 is 0. The molecule has 4 rings (SSSR count). The number of nitrogens with zero attached hydrogens (tertiary/aromatic N) is 2. The molecule has 0 aliphatic carbocycles. The van der Waals surface area contributed by atoms with E-state index in [-0.39, 0.29) is 0 Å². The van der Waals surface area contributed by atoms with Gasteiger partial charge < -0.3 is 9.14 Å². The monoisotopic (exact) mass is 272 g/mol. The molecule has 0 fully saturated rings. The maximum Gasteiger partial charge on any atom is 0.105 e. The van der Waals surface area contributed by atoms with Gasteiger partial charge in [-0.15, -0.1) is 0 Å². The van der Waals surface area contributed by atoms with Gasteiger partial charge in [0, 0.05) is 35.6 Å². The number of hydrogen-bond acceptors (Lipinski definition) is 0. The van der Waals surface area contributed by atoms with Crippen molar-refractivity contribution in [2.24, 2.45) is 7.05 Å². The molecule has 0 atom stereocenters. The van der Waals surface area contributed by atoms with Gasteiger partial charge in [0.15, 0.2) is 0 Å². The lowest BCUT2D eigenvalue weighted by molar-refractivity contribution is -0.392. The van der Waals surface area contributed by atoms with Crippen LogP contribution in [0.2, 0.25) is 0 Å². The zero-order valence-electron chi connectivity index (χ0n) is 12.2. The minimum Gasteiger partial charge on any atom is -0.369 e. The van der Waals surface area contributed by atoms with Gasteiger partial charge in [-0.25, -0.2) is 0 Å². The molecule has 2 nitrogen and oxygen atoms in total. The summed E-state index contributed by atoms with van der Waals surface area (Å²) in [5.41, 5.74) is 3.53. The van der Waals surface area contributed by atoms with E-state index in [1.54, 1.807) is 4.58 Å². The molecule has 0 saturated heterocycles. The summed E-state index contributed by atoms with van der Waals surface area (Å²) in [4.78, 5) is 0. The number of para-hydroxylation sites is 1. The zero-order valence-corrected chi connectivity index (χ0v) is 12.2. The number of aromatic nitrogens is 1. The van der Waals surface area contributed by atoms with E-state index in [1.807, 2.05) is 7.05 Å². The molecular weight excluding hydrogens is 256 g/mol. The van der Waals surface area contributed by atoms with Crippen LogP contribution in [0, 0.1) is 0 Å². The Morgan fingerprint density at radius 2 is 1.71 bits per heavy atom. The van der Waals surface area contributed by atoms with Gasteiger partial charge in [0.1, 0.15) is 7.05 Å². The molecule has 0 saturated carbocycles. The van der Waals surface area contributed by atoms with Crippen LogP contribution in [0.3, 0.4) is 0 Å². The molecule has 0 amide bonds. The Balaban J connectivity index is 2.37. The van der Waals surface area contributed by atoms with Crippen molar-refractivity contribution in [1.82, 2.24) is 4.57 Å². The third kappa shape index (κ3) is 1.56. The number of rotatable bonds is 1. The smallest absolute Gasteiger partial charge is 0.105 e. The first-order valence-electron chi connectivity index (χ1n) is 7.06. The molecule has 0 N–H and O–H groups in total. The van der Waals surface area contributed by atoms with E-state index in [4.69, 9.17) is 6.72 Å². The van der Waals surface area contributed by atoms with Crippen molar-refractivity contribution >= 4 is 45.0 Å². The second kappa shape index (κ2) is 4.19. The average Bonchev–Trinajstić information content (AvgIpc) is 2.80. The Labute approximate surface area is 123 Å². The molecule has 3 aromatic carbocycles. The molecule has 0 spiro atoms. The number of fused-ring (bicyclic) bond motifs is 5. The van der Waals surface area contributed by atoms with Gasteiger partial charge in [-0.3, -0.25) is 0 Å². The van der Waals surface area contributed by atoms with Gasteiger partial charge in [0.05, 0.1) is 5.69 Å². The van der Waals surface area contributed by atoms with Gasteiger partial charge in [-0.1, -0.05) is 48.5 Å². The van der Waals surface area contributed by atoms with E-state index in [1.165, 1.54) is 32.6 Å². The molecule has 0 radical (unpaired) electrons. The highest BCUT2D eigenvalue weighted by Crippen LogP contribution is 2.37. The standard InChI is InChI=1S/C19H16N2/c1-20(2)17-10-6-7-13-11-12-15-14-8-4-5-9-16(14)21(3)19(15)18(13)17/h1,4-12H,2-3H3. The summed E-state index contributed by atoms with van der Waals surface area (Å²) in [6.45, 7) is 6.04. The van der Waals surface area contributed by atoms with Crippen molar-refractivity contribution in [1.29, 1.82) is 0 Å². The fraction of sp³-hybridized carbons (Fsp3) is 0.105. The molecule has 0 aliphatic rings. The average molecular weight is 272 g/mol. The Kier molecular flexibility index (Phi) is 2.43. The van der Waals surface area contributed by atoms with Crippen LogP contribution < -0.4 is 0 Å². The summed E-state index contributed by atoms with van der Waals surface area (Å²) in [6.07, 6.45) is 0. The Hall–Kier alpha value is -2.61. The molecule has 2 heteroatoms. The van der Waals surface area contributed by atoms with Gasteiger partial charge >= 0.3 is 0 Å². The molecule has 0 unspecified atom stereocenters. The molecule has 0 aliphatic heterocycles. The topological polar surface area (TPSA) is 7.94 Å². The van der Waals surface area contributed by atoms with E-state index in [9.17, 15) is 0 Å². The van der Waals surface area contributed by atoms with Crippen molar-refractivity contribution in [2.45, 2.75) is 0 Å². The first kappa shape index (κ1) is 12.2. The maximum absolute atomic E-state index is 6.04. The van der Waals surface area contributed by atoms with Crippen molar-refractivity contribution in [3.05, 3.63) is 54.6 Å². The van der Waals surface area contributed by atoms with Crippen LogP contribution in [0.25, 0.3) is 32.6 Å². The Morgan fingerprint density at radius 1 is 0.905 bits per heavy atom. The van der Waals surface area contributed by atoms with Crippen LogP contribution in [0.15, 0.2) is 54.6 Å². The summed E-state index contributed by atoms with van der Waals surface area (Å²) in [6, 6.07) is 19.2. The predicted molar refractivity (Wildman–Crippen MR) is 89.8 cm³/mol. The maximum atomic E-state index is 6.04. The second-order valence-electron chi connectivity index (χ2n) is 5.52. The lowest BCUT2D eigenvalue weighted by atomic mass is 10.0. The largest absolute Gasteiger partial charge is 0.369 e. The molecule has 21 heavy (non-hydrogen) atoms. The number of benzene rings is 3. The highest BCUT2D eigenvalue weighted by atomic mass is 15.0. The minimum atomic E-state index is 1.05. The summed E-state index contributed by atoms with van der Waals surface area (Å²) in [7, 11) is 4.01. The third-order valence-electron chi connectivity index (χ3n) is 4.27. The Bertz CT molecular complexity index is 1020. The predicted octanol–water partition coefficient (Wildman–Crippen LogP) is 4.34. The van der Waals surface area contributed by atoms with E-state index in [0.717, 1.165) is 5.69 Å². The first-order valence-corrected chi connectivity index (χ1v) is 7.06.